The van der Waals surface area contributed by atoms with Gasteiger partial charge in [-0.2, -0.15) is 0 Å². The first-order valence-electron chi connectivity index (χ1n) is 8.91. The molecule has 0 bridgehead atoms. The van der Waals surface area contributed by atoms with E-state index >= 15 is 0 Å². The number of aryl methyl sites for hydroxylation is 1. The Kier molecular flexibility index (Phi) is 5.83. The fourth-order valence-corrected chi connectivity index (χ4v) is 2.87. The molecule has 146 valence electrons. The Morgan fingerprint density at radius 2 is 1.71 bits per heavy atom. The molecule has 2 heterocycles. The van der Waals surface area contributed by atoms with Crippen molar-refractivity contribution in [1.29, 1.82) is 0 Å². The third-order valence-electron chi connectivity index (χ3n) is 4.26. The topological polar surface area (TPSA) is 122 Å². The van der Waals surface area contributed by atoms with Gasteiger partial charge in [0.1, 0.15) is 5.76 Å². The van der Waals surface area contributed by atoms with Gasteiger partial charge in [-0.25, -0.2) is 0 Å². The summed E-state index contributed by atoms with van der Waals surface area (Å²) in [5, 5.41) is 8.89. The average Bonchev–Trinajstić information content (AvgIpc) is 3.22. The van der Waals surface area contributed by atoms with E-state index in [-0.39, 0.29) is 55.4 Å². The van der Waals surface area contributed by atoms with Crippen molar-refractivity contribution in [3.05, 3.63) is 52.9 Å². The van der Waals surface area contributed by atoms with Crippen LogP contribution in [0.2, 0.25) is 0 Å². The van der Waals surface area contributed by atoms with Crippen molar-refractivity contribution < 1.29 is 23.7 Å². The molecule has 1 aromatic heterocycles. The normalized spacial score (nSPS) is 12.8. The van der Waals surface area contributed by atoms with Crippen LogP contribution in [0.1, 0.15) is 49.8 Å². The Morgan fingerprint density at radius 3 is 2.32 bits per heavy atom. The average molecular weight is 384 g/mol. The first kappa shape index (κ1) is 19.3. The Hall–Kier alpha value is -3.49. The second kappa shape index (κ2) is 8.47. The van der Waals surface area contributed by atoms with Gasteiger partial charge < -0.3 is 15.2 Å². The van der Waals surface area contributed by atoms with Gasteiger partial charge >= 0.3 is 0 Å². The summed E-state index contributed by atoms with van der Waals surface area (Å²) in [6.07, 6.45) is 0.533. The first-order chi connectivity index (χ1) is 13.5. The second-order valence-corrected chi connectivity index (χ2v) is 6.34. The number of nitrogens with one attached hydrogen (secondary N) is 2. The van der Waals surface area contributed by atoms with Gasteiger partial charge in [0.05, 0.1) is 11.1 Å². The van der Waals surface area contributed by atoms with Crippen molar-refractivity contribution in [2.24, 2.45) is 0 Å². The largest absolute Gasteiger partial charge is 0.361 e. The molecule has 9 heteroatoms. The molecule has 0 saturated heterocycles. The van der Waals surface area contributed by atoms with Crippen LogP contribution in [0.5, 0.6) is 0 Å². The molecular formula is C19H20N4O5. The smallest absolute Gasteiger partial charge is 0.273 e. The number of imide groups is 1. The van der Waals surface area contributed by atoms with Crippen molar-refractivity contribution >= 4 is 23.6 Å². The Bertz CT molecular complexity index is 886. The molecule has 0 radical (unpaired) electrons. The SMILES string of the molecule is Cc1cc(C(=O)NCCNC(=O)CCCN2C(=O)c3ccccc3C2=O)no1. The number of fused-ring (bicyclic) bond motifs is 1. The van der Waals surface area contributed by atoms with E-state index in [1.165, 1.54) is 6.07 Å². The lowest BCUT2D eigenvalue weighted by Crippen LogP contribution is -2.35. The van der Waals surface area contributed by atoms with E-state index in [1.807, 2.05) is 0 Å². The van der Waals surface area contributed by atoms with Gasteiger partial charge in [0.25, 0.3) is 17.7 Å². The lowest BCUT2D eigenvalue weighted by molar-refractivity contribution is -0.121. The Labute approximate surface area is 161 Å². The van der Waals surface area contributed by atoms with Crippen LogP contribution in [0.25, 0.3) is 0 Å². The third kappa shape index (κ3) is 4.25. The maximum atomic E-state index is 12.2. The van der Waals surface area contributed by atoms with Crippen LogP contribution in [-0.4, -0.2) is 53.3 Å². The van der Waals surface area contributed by atoms with Crippen molar-refractivity contribution in [1.82, 2.24) is 20.7 Å². The van der Waals surface area contributed by atoms with Crippen LogP contribution in [0.3, 0.4) is 0 Å². The van der Waals surface area contributed by atoms with Crippen LogP contribution >= 0.6 is 0 Å². The highest BCUT2D eigenvalue weighted by Gasteiger charge is 2.34. The summed E-state index contributed by atoms with van der Waals surface area (Å²) < 4.78 is 4.82. The van der Waals surface area contributed by atoms with E-state index in [2.05, 4.69) is 15.8 Å². The quantitative estimate of drug-likeness (QED) is 0.515. The minimum absolute atomic E-state index is 0.170. The van der Waals surface area contributed by atoms with Crippen molar-refractivity contribution in [2.45, 2.75) is 19.8 Å². The van der Waals surface area contributed by atoms with Gasteiger partial charge in [0.15, 0.2) is 5.69 Å². The summed E-state index contributed by atoms with van der Waals surface area (Å²) in [6.45, 7) is 2.37. The molecule has 28 heavy (non-hydrogen) atoms. The highest BCUT2D eigenvalue weighted by Crippen LogP contribution is 2.22. The summed E-state index contributed by atoms with van der Waals surface area (Å²) in [5.74, 6) is -0.713. The number of benzene rings is 1. The zero-order valence-corrected chi connectivity index (χ0v) is 15.4. The van der Waals surface area contributed by atoms with Crippen molar-refractivity contribution in [2.75, 3.05) is 19.6 Å². The van der Waals surface area contributed by atoms with E-state index in [0.29, 0.717) is 23.3 Å². The summed E-state index contributed by atoms with van der Waals surface area (Å²) in [7, 11) is 0. The maximum absolute atomic E-state index is 12.2. The van der Waals surface area contributed by atoms with Gasteiger partial charge in [-0.1, -0.05) is 17.3 Å². The van der Waals surface area contributed by atoms with Crippen LogP contribution < -0.4 is 10.6 Å². The minimum Gasteiger partial charge on any atom is -0.361 e. The van der Waals surface area contributed by atoms with Gasteiger partial charge in [-0.15, -0.1) is 0 Å². The lowest BCUT2D eigenvalue weighted by atomic mass is 10.1. The number of hydrogen-bond acceptors (Lipinski definition) is 6. The van der Waals surface area contributed by atoms with Gasteiger partial charge in [-0.05, 0) is 25.5 Å². The molecule has 0 saturated carbocycles. The molecule has 0 spiro atoms. The first-order valence-corrected chi connectivity index (χ1v) is 8.91. The number of hydrogen-bond donors (Lipinski definition) is 2. The zero-order chi connectivity index (χ0) is 20.1. The highest BCUT2D eigenvalue weighted by molar-refractivity contribution is 6.21. The van der Waals surface area contributed by atoms with Gasteiger partial charge in [-0.3, -0.25) is 24.1 Å². The van der Waals surface area contributed by atoms with E-state index in [4.69, 9.17) is 4.52 Å². The molecule has 4 amide bonds. The minimum atomic E-state index is -0.378. The van der Waals surface area contributed by atoms with E-state index in [1.54, 1.807) is 31.2 Å². The van der Waals surface area contributed by atoms with Crippen LogP contribution in [0.4, 0.5) is 0 Å². The predicted molar refractivity (Wildman–Crippen MR) is 97.6 cm³/mol. The Balaban J connectivity index is 1.34. The molecule has 0 aliphatic carbocycles. The second-order valence-electron chi connectivity index (χ2n) is 6.34. The molecule has 1 aromatic carbocycles. The lowest BCUT2D eigenvalue weighted by Gasteiger charge is -2.13. The van der Waals surface area contributed by atoms with Crippen LogP contribution in [0, 0.1) is 6.92 Å². The van der Waals surface area contributed by atoms with Crippen molar-refractivity contribution in [3.63, 3.8) is 0 Å². The molecular weight excluding hydrogens is 364 g/mol. The molecule has 3 rings (SSSR count). The highest BCUT2D eigenvalue weighted by atomic mass is 16.5. The monoisotopic (exact) mass is 384 g/mol. The fraction of sp³-hybridized carbons (Fsp3) is 0.316. The number of carbonyl (C=O) groups is 4. The van der Waals surface area contributed by atoms with Crippen LogP contribution in [-0.2, 0) is 4.79 Å². The number of nitrogens with zero attached hydrogens (tertiary/aromatic N) is 2. The molecule has 9 nitrogen and oxygen atoms in total. The fourth-order valence-electron chi connectivity index (χ4n) is 2.87. The molecule has 0 fully saturated rings. The molecule has 2 N–H and O–H groups in total. The van der Waals surface area contributed by atoms with E-state index in [0.717, 1.165) is 4.90 Å². The molecule has 2 aromatic rings. The van der Waals surface area contributed by atoms with Crippen LogP contribution in [0.15, 0.2) is 34.9 Å². The summed E-state index contributed by atoms with van der Waals surface area (Å²) >= 11 is 0. The summed E-state index contributed by atoms with van der Waals surface area (Å²) in [4.78, 5) is 49.3. The molecule has 0 atom stereocenters. The summed E-state index contributed by atoms with van der Waals surface area (Å²) in [5.41, 5.74) is 0.981. The number of aromatic nitrogens is 1. The Morgan fingerprint density at radius 1 is 1.07 bits per heavy atom. The van der Waals surface area contributed by atoms with E-state index < -0.39 is 0 Å². The third-order valence-corrected chi connectivity index (χ3v) is 4.26. The number of rotatable bonds is 8. The maximum Gasteiger partial charge on any atom is 0.273 e. The molecule has 0 unspecified atom stereocenters. The van der Waals surface area contributed by atoms with Gasteiger partial charge in [0, 0.05) is 32.1 Å². The predicted octanol–water partition coefficient (Wildman–Crippen LogP) is 0.905. The standard InChI is InChI=1S/C19H20N4O5/c1-12-11-15(22-28-12)17(25)21-9-8-20-16(24)7-4-10-23-18(26)13-5-2-3-6-14(13)19(23)27/h2-3,5-6,11H,4,7-10H2,1H3,(H,20,24)(H,21,25). The molecule has 1 aliphatic rings. The number of carbonyl (C=O) groups excluding carboxylic acids is 4. The zero-order valence-electron chi connectivity index (χ0n) is 15.4. The summed E-state index contributed by atoms with van der Waals surface area (Å²) in [6, 6.07) is 8.19. The molecule has 1 aliphatic heterocycles. The number of amides is 4. The van der Waals surface area contributed by atoms with Gasteiger partial charge in [0.2, 0.25) is 5.91 Å². The van der Waals surface area contributed by atoms with Crippen molar-refractivity contribution in [3.8, 4) is 0 Å². The van der Waals surface area contributed by atoms with E-state index in [9.17, 15) is 19.2 Å².